The van der Waals surface area contributed by atoms with Gasteiger partial charge in [-0.1, -0.05) is 42.0 Å². The quantitative estimate of drug-likeness (QED) is 0.230. The Morgan fingerprint density at radius 2 is 1.80 bits per heavy atom. The van der Waals surface area contributed by atoms with Gasteiger partial charge in [0.1, 0.15) is 12.4 Å². The highest BCUT2D eigenvalue weighted by Gasteiger charge is 2.16. The summed E-state index contributed by atoms with van der Waals surface area (Å²) in [7, 11) is 1.48. The molecule has 0 spiro atoms. The molecule has 0 heterocycles. The number of hydrogen-bond donors (Lipinski definition) is 2. The van der Waals surface area contributed by atoms with E-state index in [1.54, 1.807) is 36.4 Å². The number of carbonyl (C=O) groups excluding carboxylic acids is 2. The van der Waals surface area contributed by atoms with E-state index in [1.165, 1.54) is 13.3 Å². The summed E-state index contributed by atoms with van der Waals surface area (Å²) in [5, 5.41) is 6.38. The molecule has 0 aliphatic rings. The summed E-state index contributed by atoms with van der Waals surface area (Å²) in [5.74, 6) is -0.269. The number of methoxy groups -OCH3 is 1. The van der Waals surface area contributed by atoms with Gasteiger partial charge in [-0.2, -0.15) is 5.10 Å². The first-order chi connectivity index (χ1) is 16.9. The average Bonchev–Trinajstić information content (AvgIpc) is 2.84. The van der Waals surface area contributed by atoms with Crippen molar-refractivity contribution in [1.29, 1.82) is 0 Å². The molecule has 0 unspecified atom stereocenters. The number of rotatable bonds is 9. The van der Waals surface area contributed by atoms with E-state index in [1.807, 2.05) is 32.0 Å². The number of nitrogens with one attached hydrogen (secondary N) is 2. The summed E-state index contributed by atoms with van der Waals surface area (Å²) in [6.45, 7) is 4.72. The Morgan fingerprint density at radius 3 is 2.54 bits per heavy atom. The number of halogens is 1. The number of ether oxygens (including phenoxy) is 3. The first-order valence-corrected chi connectivity index (χ1v) is 11.6. The number of amides is 2. The Bertz CT molecular complexity index is 1230. The van der Waals surface area contributed by atoms with E-state index in [4.69, 9.17) is 14.2 Å². The molecule has 182 valence electrons. The predicted molar refractivity (Wildman–Crippen MR) is 138 cm³/mol. The number of carbonyl (C=O) groups is 2. The molecule has 2 amide bonds. The molecular weight excluding hydrogens is 514 g/mol. The van der Waals surface area contributed by atoms with Crippen molar-refractivity contribution in [3.8, 4) is 17.2 Å². The largest absolute Gasteiger partial charge is 0.495 e. The molecule has 0 radical (unpaired) electrons. The molecule has 0 saturated heterocycles. The fraction of sp³-hybridized carbons (Fsp3) is 0.192. The van der Waals surface area contributed by atoms with Crippen molar-refractivity contribution >= 4 is 39.6 Å². The number of nitrogens with zero attached hydrogens (tertiary/aromatic N) is 1. The van der Waals surface area contributed by atoms with Crippen molar-refractivity contribution < 1.29 is 23.8 Å². The van der Waals surface area contributed by atoms with Gasteiger partial charge in [-0.05, 0) is 65.2 Å². The maximum atomic E-state index is 12.2. The van der Waals surface area contributed by atoms with Crippen LogP contribution in [0.2, 0.25) is 0 Å². The van der Waals surface area contributed by atoms with Crippen LogP contribution >= 0.6 is 15.9 Å². The maximum Gasteiger partial charge on any atom is 0.329 e. The first kappa shape index (κ1) is 25.8. The molecule has 9 heteroatoms. The minimum atomic E-state index is -0.922. The van der Waals surface area contributed by atoms with Gasteiger partial charge in [0, 0.05) is 0 Å². The Kier molecular flexibility index (Phi) is 9.25. The van der Waals surface area contributed by atoms with E-state index < -0.39 is 11.8 Å². The maximum absolute atomic E-state index is 12.2. The molecule has 0 fully saturated rings. The highest BCUT2D eigenvalue weighted by molar-refractivity contribution is 9.10. The number of hydrogen-bond acceptors (Lipinski definition) is 6. The second-order valence-corrected chi connectivity index (χ2v) is 8.25. The van der Waals surface area contributed by atoms with E-state index in [9.17, 15) is 9.59 Å². The van der Waals surface area contributed by atoms with Crippen LogP contribution in [-0.4, -0.2) is 31.7 Å². The Labute approximate surface area is 212 Å². The van der Waals surface area contributed by atoms with Gasteiger partial charge in [-0.3, -0.25) is 9.59 Å². The van der Waals surface area contributed by atoms with Crippen molar-refractivity contribution in [2.24, 2.45) is 5.10 Å². The number of hydrazone groups is 1. The summed E-state index contributed by atoms with van der Waals surface area (Å²) in [6, 6.07) is 18.4. The van der Waals surface area contributed by atoms with Crippen molar-refractivity contribution in [2.75, 3.05) is 19.0 Å². The van der Waals surface area contributed by atoms with Crippen LogP contribution in [0.3, 0.4) is 0 Å². The number of anilines is 1. The van der Waals surface area contributed by atoms with Crippen molar-refractivity contribution in [3.63, 3.8) is 0 Å². The Hall–Kier alpha value is -3.85. The zero-order chi connectivity index (χ0) is 25.2. The molecule has 3 aromatic carbocycles. The third-order valence-electron chi connectivity index (χ3n) is 4.74. The molecule has 0 aliphatic heterocycles. The van der Waals surface area contributed by atoms with Gasteiger partial charge in [-0.25, -0.2) is 5.43 Å². The van der Waals surface area contributed by atoms with Gasteiger partial charge in [0.05, 0.1) is 30.1 Å². The molecule has 0 aliphatic carbocycles. The van der Waals surface area contributed by atoms with Crippen LogP contribution in [0.15, 0.2) is 70.2 Å². The van der Waals surface area contributed by atoms with Gasteiger partial charge >= 0.3 is 11.8 Å². The minimum Gasteiger partial charge on any atom is -0.495 e. The number of aryl methyl sites for hydroxylation is 1. The topological polar surface area (TPSA) is 98.2 Å². The van der Waals surface area contributed by atoms with Crippen LogP contribution in [0.4, 0.5) is 5.69 Å². The van der Waals surface area contributed by atoms with Crippen LogP contribution in [-0.2, 0) is 16.2 Å². The lowest BCUT2D eigenvalue weighted by Gasteiger charge is -2.15. The smallest absolute Gasteiger partial charge is 0.329 e. The lowest BCUT2D eigenvalue weighted by Crippen LogP contribution is -2.32. The molecule has 2 N–H and O–H groups in total. The number of para-hydroxylation sites is 2. The predicted octanol–water partition coefficient (Wildman–Crippen LogP) is 4.83. The second kappa shape index (κ2) is 12.6. The van der Waals surface area contributed by atoms with Crippen LogP contribution < -0.4 is 25.0 Å². The van der Waals surface area contributed by atoms with Crippen molar-refractivity contribution in [3.05, 3.63) is 81.8 Å². The van der Waals surface area contributed by atoms with Crippen molar-refractivity contribution in [1.82, 2.24) is 5.43 Å². The summed E-state index contributed by atoms with van der Waals surface area (Å²) < 4.78 is 17.6. The van der Waals surface area contributed by atoms with Crippen LogP contribution in [0, 0.1) is 6.92 Å². The van der Waals surface area contributed by atoms with Gasteiger partial charge < -0.3 is 19.5 Å². The molecule has 35 heavy (non-hydrogen) atoms. The van der Waals surface area contributed by atoms with Crippen LogP contribution in [0.1, 0.15) is 23.6 Å². The molecule has 0 atom stereocenters. The van der Waals surface area contributed by atoms with Crippen LogP contribution in [0.25, 0.3) is 0 Å². The zero-order valence-corrected chi connectivity index (χ0v) is 21.2. The standard InChI is InChI=1S/C26H26BrN3O5/c1-4-34-23-14-19(13-20(27)24(23)35-16-18-9-7-8-17(2)12-18)15-28-30-26(32)25(31)29-21-10-5-6-11-22(21)33-3/h5-15H,4,16H2,1-3H3,(H,29,31)(H,30,32). The van der Waals surface area contributed by atoms with E-state index in [-0.39, 0.29) is 0 Å². The van der Waals surface area contributed by atoms with E-state index in [0.717, 1.165) is 11.1 Å². The molecule has 0 aromatic heterocycles. The monoisotopic (exact) mass is 539 g/mol. The molecule has 0 saturated carbocycles. The molecule has 3 rings (SSSR count). The summed E-state index contributed by atoms with van der Waals surface area (Å²) in [6.07, 6.45) is 1.41. The van der Waals surface area contributed by atoms with Gasteiger partial charge in [0.25, 0.3) is 0 Å². The molecule has 3 aromatic rings. The van der Waals surface area contributed by atoms with Crippen LogP contribution in [0.5, 0.6) is 17.2 Å². The highest BCUT2D eigenvalue weighted by Crippen LogP contribution is 2.37. The summed E-state index contributed by atoms with van der Waals surface area (Å²) >= 11 is 3.52. The lowest BCUT2D eigenvalue weighted by atomic mass is 10.1. The van der Waals surface area contributed by atoms with Gasteiger partial charge in [0.2, 0.25) is 0 Å². The van der Waals surface area contributed by atoms with E-state index >= 15 is 0 Å². The van der Waals surface area contributed by atoms with Gasteiger partial charge in [-0.15, -0.1) is 0 Å². The molecule has 0 bridgehead atoms. The SMILES string of the molecule is CCOc1cc(C=NNC(=O)C(=O)Nc2ccccc2OC)cc(Br)c1OCc1cccc(C)c1. The first-order valence-electron chi connectivity index (χ1n) is 10.8. The fourth-order valence-corrected chi connectivity index (χ4v) is 3.74. The highest BCUT2D eigenvalue weighted by atomic mass is 79.9. The Balaban J connectivity index is 1.66. The van der Waals surface area contributed by atoms with Crippen molar-refractivity contribution in [2.45, 2.75) is 20.5 Å². The Morgan fingerprint density at radius 1 is 1.00 bits per heavy atom. The summed E-state index contributed by atoms with van der Waals surface area (Å²) in [5.41, 5.74) is 5.42. The number of benzene rings is 3. The molecule has 8 nitrogen and oxygen atoms in total. The minimum absolute atomic E-state index is 0.380. The fourth-order valence-electron chi connectivity index (χ4n) is 3.17. The molecular formula is C26H26BrN3O5. The second-order valence-electron chi connectivity index (χ2n) is 7.39. The van der Waals surface area contributed by atoms with E-state index in [0.29, 0.717) is 46.2 Å². The third-order valence-corrected chi connectivity index (χ3v) is 5.33. The average molecular weight is 540 g/mol. The van der Waals surface area contributed by atoms with Gasteiger partial charge in [0.15, 0.2) is 11.5 Å². The lowest BCUT2D eigenvalue weighted by molar-refractivity contribution is -0.136. The zero-order valence-electron chi connectivity index (χ0n) is 19.6. The van der Waals surface area contributed by atoms with E-state index in [2.05, 4.69) is 37.8 Å². The third kappa shape index (κ3) is 7.31. The summed E-state index contributed by atoms with van der Waals surface area (Å²) in [4.78, 5) is 24.3. The normalized spacial score (nSPS) is 10.6.